The van der Waals surface area contributed by atoms with E-state index >= 15 is 4.39 Å². The van der Waals surface area contributed by atoms with E-state index in [1.165, 1.54) is 25.0 Å². The van der Waals surface area contributed by atoms with Crippen molar-refractivity contribution in [2.24, 2.45) is 5.41 Å². The van der Waals surface area contributed by atoms with Crippen LogP contribution in [0, 0.1) is 17.0 Å². The normalized spacial score (nSPS) is 15.0. The van der Waals surface area contributed by atoms with Crippen molar-refractivity contribution in [2.75, 3.05) is 0 Å². The van der Waals surface area contributed by atoms with Crippen LogP contribution in [0.25, 0.3) is 22.2 Å². The summed E-state index contributed by atoms with van der Waals surface area (Å²) in [5.41, 5.74) is -0.850. The van der Waals surface area contributed by atoms with Crippen molar-refractivity contribution in [3.63, 3.8) is 0 Å². The minimum atomic E-state index is -4.87. The van der Waals surface area contributed by atoms with Crippen LogP contribution < -0.4 is 4.72 Å². The van der Waals surface area contributed by atoms with Gasteiger partial charge in [0, 0.05) is 41.0 Å². The number of benzene rings is 1. The molecule has 0 saturated heterocycles. The lowest BCUT2D eigenvalue weighted by Crippen LogP contribution is -2.15. The maximum absolute atomic E-state index is 15.1. The maximum Gasteiger partial charge on any atom is 0.418 e. The molecule has 0 amide bonds. The van der Waals surface area contributed by atoms with Gasteiger partial charge in [-0.1, -0.05) is 32.7 Å². The minimum absolute atomic E-state index is 0.112. The van der Waals surface area contributed by atoms with Crippen LogP contribution >= 0.6 is 11.9 Å². The van der Waals surface area contributed by atoms with Crippen LogP contribution in [-0.4, -0.2) is 14.8 Å². The second-order valence-corrected chi connectivity index (χ2v) is 10.6. The summed E-state index contributed by atoms with van der Waals surface area (Å²) in [6, 6.07) is 3.00. The first-order chi connectivity index (χ1) is 14.9. The van der Waals surface area contributed by atoms with Gasteiger partial charge in [0.1, 0.15) is 11.6 Å². The van der Waals surface area contributed by atoms with Crippen LogP contribution in [-0.2, 0) is 19.3 Å². The number of nitrogens with zero attached hydrogens (tertiary/aromatic N) is 2. The van der Waals surface area contributed by atoms with E-state index in [0.29, 0.717) is 41.5 Å². The molecule has 0 radical (unpaired) electrons. The van der Waals surface area contributed by atoms with Crippen LogP contribution in [0.3, 0.4) is 0 Å². The summed E-state index contributed by atoms with van der Waals surface area (Å²) in [6.45, 7) is 7.25. The van der Waals surface area contributed by atoms with Gasteiger partial charge in [0.05, 0.1) is 17.5 Å². The highest BCUT2D eigenvalue weighted by Gasteiger charge is 2.36. The highest BCUT2D eigenvalue weighted by Crippen LogP contribution is 2.39. The summed E-state index contributed by atoms with van der Waals surface area (Å²) in [6.07, 6.45) is 0.0743. The van der Waals surface area contributed by atoms with Gasteiger partial charge in [-0.05, 0) is 42.0 Å². The molecule has 0 spiro atoms. The molecule has 172 valence electrons. The van der Waals surface area contributed by atoms with Gasteiger partial charge >= 0.3 is 6.18 Å². The summed E-state index contributed by atoms with van der Waals surface area (Å²) in [5.74, 6) is -1.95. The Morgan fingerprint density at radius 1 is 1.12 bits per heavy atom. The molecular formula is C23H24F5N3S. The second kappa shape index (κ2) is 8.33. The lowest BCUT2D eigenvalue weighted by atomic mass is 9.96. The van der Waals surface area contributed by atoms with E-state index in [0.717, 1.165) is 5.56 Å². The van der Waals surface area contributed by atoms with Gasteiger partial charge in [0.2, 0.25) is 0 Å². The standard InChI is InChI=1S/C23H24F5N3S/c1-22(2,3)12-31-11-13(9-30-32-15-4-5-15)16-7-19(25)17(8-20(16)31)21-18(23(26,27)28)6-14(24)10-29-21/h6-8,10-11,15,30H,4-5,9,12H2,1-3H3. The van der Waals surface area contributed by atoms with Gasteiger partial charge < -0.3 is 4.57 Å². The predicted octanol–water partition coefficient (Wildman–Crippen LogP) is 6.95. The Morgan fingerprint density at radius 2 is 1.84 bits per heavy atom. The number of fused-ring (bicyclic) bond motifs is 1. The molecular weight excluding hydrogens is 445 g/mol. The van der Waals surface area contributed by atoms with Crippen molar-refractivity contribution in [3.05, 3.63) is 53.4 Å². The van der Waals surface area contributed by atoms with Crippen molar-refractivity contribution in [2.45, 2.75) is 58.1 Å². The van der Waals surface area contributed by atoms with E-state index < -0.39 is 29.1 Å². The SMILES string of the molecule is CC(C)(C)Cn1cc(CNSC2CC2)c2cc(F)c(-c3ncc(F)cc3C(F)(F)F)cc21. The van der Waals surface area contributed by atoms with Gasteiger partial charge in [0.15, 0.2) is 0 Å². The van der Waals surface area contributed by atoms with E-state index in [4.69, 9.17) is 0 Å². The molecule has 3 aromatic rings. The average Bonchev–Trinajstić information content (AvgIpc) is 3.44. The molecule has 0 aliphatic heterocycles. The Kier molecular flexibility index (Phi) is 6.00. The van der Waals surface area contributed by atoms with Crippen LogP contribution in [0.2, 0.25) is 0 Å². The Hall–Kier alpha value is -2.13. The lowest BCUT2D eigenvalue weighted by molar-refractivity contribution is -0.137. The number of hydrogen-bond donors (Lipinski definition) is 1. The van der Waals surface area contributed by atoms with E-state index in [1.807, 2.05) is 31.5 Å². The monoisotopic (exact) mass is 469 g/mol. The number of pyridine rings is 1. The molecule has 32 heavy (non-hydrogen) atoms. The van der Waals surface area contributed by atoms with Gasteiger partial charge in [-0.25, -0.2) is 8.78 Å². The maximum atomic E-state index is 15.1. The number of aromatic nitrogens is 2. The Morgan fingerprint density at radius 3 is 2.47 bits per heavy atom. The molecule has 1 aliphatic carbocycles. The van der Waals surface area contributed by atoms with Gasteiger partial charge in [0.25, 0.3) is 0 Å². The third-order valence-electron chi connectivity index (χ3n) is 5.15. The Bertz CT molecular complexity index is 1140. The number of rotatable bonds is 6. The van der Waals surface area contributed by atoms with Crippen LogP contribution in [0.5, 0.6) is 0 Å². The summed E-state index contributed by atoms with van der Waals surface area (Å²) in [7, 11) is 0. The number of halogens is 5. The fraction of sp³-hybridized carbons (Fsp3) is 0.435. The molecule has 1 saturated carbocycles. The molecule has 0 bridgehead atoms. The van der Waals surface area contributed by atoms with Crippen molar-refractivity contribution in [1.29, 1.82) is 0 Å². The van der Waals surface area contributed by atoms with Crippen LogP contribution in [0.15, 0.2) is 30.6 Å². The van der Waals surface area contributed by atoms with E-state index in [1.54, 1.807) is 11.9 Å². The van der Waals surface area contributed by atoms with E-state index in [9.17, 15) is 17.6 Å². The molecule has 3 nitrogen and oxygen atoms in total. The average molecular weight is 470 g/mol. The summed E-state index contributed by atoms with van der Waals surface area (Å²) in [4.78, 5) is 3.61. The molecule has 0 unspecified atom stereocenters. The third kappa shape index (κ3) is 5.09. The summed E-state index contributed by atoms with van der Waals surface area (Å²) >= 11 is 1.65. The van der Waals surface area contributed by atoms with E-state index in [2.05, 4.69) is 9.71 Å². The quantitative estimate of drug-likeness (QED) is 0.313. The number of hydrogen-bond acceptors (Lipinski definition) is 3. The van der Waals surface area contributed by atoms with Crippen molar-refractivity contribution in [3.8, 4) is 11.3 Å². The third-order valence-corrected chi connectivity index (χ3v) is 6.26. The predicted molar refractivity (Wildman–Crippen MR) is 117 cm³/mol. The summed E-state index contributed by atoms with van der Waals surface area (Å²) < 4.78 is 74.5. The zero-order valence-electron chi connectivity index (χ0n) is 18.0. The van der Waals surface area contributed by atoms with E-state index in [-0.39, 0.29) is 11.0 Å². The molecule has 1 aromatic carbocycles. The lowest BCUT2D eigenvalue weighted by Gasteiger charge is -2.20. The fourth-order valence-electron chi connectivity index (χ4n) is 3.64. The largest absolute Gasteiger partial charge is 0.418 e. The molecule has 1 aliphatic rings. The summed E-state index contributed by atoms with van der Waals surface area (Å²) in [5, 5.41) is 1.24. The first-order valence-corrected chi connectivity index (χ1v) is 11.2. The molecule has 0 atom stereocenters. The zero-order chi connectivity index (χ0) is 23.3. The molecule has 1 N–H and O–H groups in total. The first kappa shape index (κ1) is 23.0. The van der Waals surface area contributed by atoms with Crippen LogP contribution in [0.1, 0.15) is 44.7 Å². The fourth-order valence-corrected chi connectivity index (χ4v) is 4.49. The smallest absolute Gasteiger partial charge is 0.347 e. The number of nitrogens with one attached hydrogen (secondary N) is 1. The molecule has 2 heterocycles. The molecule has 1 fully saturated rings. The first-order valence-electron chi connectivity index (χ1n) is 10.4. The van der Waals surface area contributed by atoms with Gasteiger partial charge in [-0.2, -0.15) is 13.2 Å². The number of alkyl halides is 3. The Balaban J connectivity index is 1.83. The Labute approximate surface area is 187 Å². The molecule has 4 rings (SSSR count). The highest BCUT2D eigenvalue weighted by atomic mass is 32.2. The molecule has 2 aromatic heterocycles. The minimum Gasteiger partial charge on any atom is -0.347 e. The van der Waals surface area contributed by atoms with Crippen molar-refractivity contribution in [1.82, 2.24) is 14.3 Å². The van der Waals surface area contributed by atoms with Crippen LogP contribution in [0.4, 0.5) is 22.0 Å². The highest BCUT2D eigenvalue weighted by molar-refractivity contribution is 7.98. The van der Waals surface area contributed by atoms with Gasteiger partial charge in [-0.15, -0.1) is 0 Å². The van der Waals surface area contributed by atoms with Gasteiger partial charge in [-0.3, -0.25) is 9.71 Å². The second-order valence-electron chi connectivity index (χ2n) is 9.38. The molecule has 9 heteroatoms. The van der Waals surface area contributed by atoms with Crippen molar-refractivity contribution >= 4 is 22.9 Å². The van der Waals surface area contributed by atoms with Crippen molar-refractivity contribution < 1.29 is 22.0 Å². The zero-order valence-corrected chi connectivity index (χ0v) is 18.8. The topological polar surface area (TPSA) is 29.9 Å².